The predicted molar refractivity (Wildman–Crippen MR) is 137 cm³/mol. The number of nitrogens with one attached hydrogen (secondary N) is 1. The highest BCUT2D eigenvalue weighted by molar-refractivity contribution is 7.99. The van der Waals surface area contributed by atoms with Crippen molar-refractivity contribution in [2.45, 2.75) is 64.1 Å². The lowest BCUT2D eigenvalue weighted by atomic mass is 10.00. The number of benzene rings is 2. The second-order valence-corrected chi connectivity index (χ2v) is 11.4. The summed E-state index contributed by atoms with van der Waals surface area (Å²) in [6.45, 7) is 9.13. The second-order valence-electron chi connectivity index (χ2n) is 9.88. The SMILES string of the molecule is CC(C)CC(=O)c1cc2c(cc1F)SC[C@H](NC(=O)OC(C)(C)C)C(=O)N2Cc1ccc(Cl)cc1. The molecule has 1 N–H and O–H groups in total. The molecule has 2 aromatic rings. The maximum absolute atomic E-state index is 15.0. The molecule has 0 saturated heterocycles. The van der Waals surface area contributed by atoms with Crippen molar-refractivity contribution in [2.75, 3.05) is 10.7 Å². The Bertz CT molecular complexity index is 1120. The lowest BCUT2D eigenvalue weighted by Crippen LogP contribution is -2.50. The molecule has 0 radical (unpaired) electrons. The van der Waals surface area contributed by atoms with Crippen LogP contribution in [-0.4, -0.2) is 35.2 Å². The summed E-state index contributed by atoms with van der Waals surface area (Å²) >= 11 is 7.25. The van der Waals surface area contributed by atoms with Crippen LogP contribution in [0.2, 0.25) is 5.02 Å². The molecule has 0 unspecified atom stereocenters. The molecule has 0 aromatic heterocycles. The average Bonchev–Trinajstić information content (AvgIpc) is 2.85. The van der Waals surface area contributed by atoms with Gasteiger partial charge in [-0.15, -0.1) is 11.8 Å². The molecule has 1 atom stereocenters. The molecule has 0 saturated carbocycles. The second kappa shape index (κ2) is 11.0. The van der Waals surface area contributed by atoms with E-state index in [1.807, 2.05) is 13.8 Å². The highest BCUT2D eigenvalue weighted by Gasteiger charge is 2.34. The summed E-state index contributed by atoms with van der Waals surface area (Å²) in [5.41, 5.74) is 0.435. The third-order valence-electron chi connectivity index (χ3n) is 5.15. The highest BCUT2D eigenvalue weighted by atomic mass is 35.5. The normalized spacial score (nSPS) is 16.1. The number of ketones is 1. The van der Waals surface area contributed by atoms with Gasteiger partial charge in [0.15, 0.2) is 5.78 Å². The molecular formula is C26H30ClFN2O4S. The Kier molecular flexibility index (Phi) is 8.49. The Hall–Kier alpha value is -2.58. The topological polar surface area (TPSA) is 75.7 Å². The first-order valence-electron chi connectivity index (χ1n) is 11.4. The maximum Gasteiger partial charge on any atom is 0.408 e. The molecule has 1 heterocycles. The Balaban J connectivity index is 2.01. The number of ether oxygens (including phenoxy) is 1. The van der Waals surface area contributed by atoms with Crippen LogP contribution in [0.5, 0.6) is 0 Å². The first-order valence-corrected chi connectivity index (χ1v) is 12.8. The number of rotatable bonds is 6. The van der Waals surface area contributed by atoms with E-state index in [1.165, 1.54) is 28.8 Å². The number of Topliss-reactive ketones (excluding diaryl/α,β-unsaturated/α-hetero) is 1. The minimum Gasteiger partial charge on any atom is -0.444 e. The van der Waals surface area contributed by atoms with Crippen LogP contribution in [-0.2, 0) is 16.1 Å². The van der Waals surface area contributed by atoms with Gasteiger partial charge in [-0.25, -0.2) is 9.18 Å². The lowest BCUT2D eigenvalue weighted by molar-refractivity contribution is -0.120. The summed E-state index contributed by atoms with van der Waals surface area (Å²) in [6, 6.07) is 8.85. The van der Waals surface area contributed by atoms with E-state index in [0.29, 0.717) is 15.6 Å². The number of amides is 2. The van der Waals surface area contributed by atoms with Crippen LogP contribution in [0.1, 0.15) is 57.0 Å². The Labute approximate surface area is 214 Å². The fourth-order valence-corrected chi connectivity index (χ4v) is 4.81. The zero-order chi connectivity index (χ0) is 25.9. The summed E-state index contributed by atoms with van der Waals surface area (Å²) in [7, 11) is 0. The van der Waals surface area contributed by atoms with E-state index < -0.39 is 23.6 Å². The van der Waals surface area contributed by atoms with Crippen LogP contribution >= 0.6 is 23.4 Å². The molecule has 9 heteroatoms. The number of thioether (sulfide) groups is 1. The summed E-state index contributed by atoms with van der Waals surface area (Å²) in [6.07, 6.45) is -0.524. The van der Waals surface area contributed by atoms with Gasteiger partial charge in [0, 0.05) is 22.1 Å². The largest absolute Gasteiger partial charge is 0.444 e. The molecule has 0 aliphatic carbocycles. The van der Waals surface area contributed by atoms with E-state index in [0.717, 1.165) is 5.56 Å². The van der Waals surface area contributed by atoms with E-state index in [-0.39, 0.29) is 41.9 Å². The standard InChI is InChI=1S/C26H30ClFN2O4S/c1-15(2)10-22(31)18-11-21-23(12-19(18)28)35-14-20(29-25(33)34-26(3,4)5)24(32)30(21)13-16-6-8-17(27)9-7-16/h6-9,11-12,15,20H,10,13-14H2,1-5H3,(H,29,33)/t20-/m0/s1. The highest BCUT2D eigenvalue weighted by Crippen LogP contribution is 2.38. The molecular weight excluding hydrogens is 491 g/mol. The molecule has 2 amide bonds. The van der Waals surface area contributed by atoms with E-state index in [4.69, 9.17) is 16.3 Å². The first-order chi connectivity index (χ1) is 16.3. The van der Waals surface area contributed by atoms with Crippen molar-refractivity contribution in [1.82, 2.24) is 5.32 Å². The van der Waals surface area contributed by atoms with Crippen molar-refractivity contribution in [2.24, 2.45) is 5.92 Å². The number of hydrogen-bond acceptors (Lipinski definition) is 5. The smallest absolute Gasteiger partial charge is 0.408 e. The summed E-state index contributed by atoms with van der Waals surface area (Å²) < 4.78 is 20.3. The van der Waals surface area contributed by atoms with Crippen LogP contribution in [0, 0.1) is 11.7 Å². The van der Waals surface area contributed by atoms with Crippen LogP contribution in [0.3, 0.4) is 0 Å². The molecule has 3 rings (SSSR count). The fraction of sp³-hybridized carbons (Fsp3) is 0.423. The predicted octanol–water partition coefficient (Wildman–Crippen LogP) is 6.24. The number of hydrogen-bond donors (Lipinski definition) is 1. The van der Waals surface area contributed by atoms with E-state index in [1.54, 1.807) is 45.0 Å². The third kappa shape index (κ3) is 7.21. The number of alkyl carbamates (subject to hydrolysis) is 1. The van der Waals surface area contributed by atoms with Gasteiger partial charge in [-0.2, -0.15) is 0 Å². The molecule has 0 fully saturated rings. The van der Waals surface area contributed by atoms with Crippen molar-refractivity contribution in [3.8, 4) is 0 Å². The molecule has 2 aromatic carbocycles. The minimum absolute atomic E-state index is 0.0505. The molecule has 35 heavy (non-hydrogen) atoms. The number of carbonyl (C=O) groups is 3. The molecule has 1 aliphatic heterocycles. The molecule has 188 valence electrons. The third-order valence-corrected chi connectivity index (χ3v) is 6.54. The van der Waals surface area contributed by atoms with Crippen LogP contribution in [0.15, 0.2) is 41.3 Å². The van der Waals surface area contributed by atoms with Crippen LogP contribution < -0.4 is 10.2 Å². The average molecular weight is 521 g/mol. The Morgan fingerprint density at radius 3 is 2.49 bits per heavy atom. The van der Waals surface area contributed by atoms with Crippen LogP contribution in [0.4, 0.5) is 14.9 Å². The van der Waals surface area contributed by atoms with E-state index >= 15 is 0 Å². The zero-order valence-corrected chi connectivity index (χ0v) is 22.1. The Morgan fingerprint density at radius 1 is 1.23 bits per heavy atom. The first kappa shape index (κ1) is 27.0. The quantitative estimate of drug-likeness (QED) is 0.456. The lowest BCUT2D eigenvalue weighted by Gasteiger charge is -2.27. The van der Waals surface area contributed by atoms with E-state index in [2.05, 4.69) is 5.32 Å². The van der Waals surface area contributed by atoms with Gasteiger partial charge in [0.2, 0.25) is 0 Å². The van der Waals surface area contributed by atoms with Gasteiger partial charge >= 0.3 is 6.09 Å². The Morgan fingerprint density at radius 2 is 1.89 bits per heavy atom. The van der Waals surface area contributed by atoms with Crippen molar-refractivity contribution >= 4 is 46.8 Å². The van der Waals surface area contributed by atoms with E-state index in [9.17, 15) is 18.8 Å². The number of nitrogens with zero attached hydrogens (tertiary/aromatic N) is 1. The van der Waals surface area contributed by atoms with Gasteiger partial charge in [0.1, 0.15) is 17.5 Å². The number of carbonyl (C=O) groups excluding carboxylic acids is 3. The minimum atomic E-state index is -0.910. The fourth-order valence-electron chi connectivity index (χ4n) is 3.60. The van der Waals surface area contributed by atoms with Gasteiger partial charge in [-0.1, -0.05) is 37.6 Å². The summed E-state index contributed by atoms with van der Waals surface area (Å²) in [4.78, 5) is 40.8. The zero-order valence-electron chi connectivity index (χ0n) is 20.5. The molecule has 6 nitrogen and oxygen atoms in total. The molecule has 1 aliphatic rings. The number of anilines is 1. The number of halogens is 2. The van der Waals surface area contributed by atoms with Crippen molar-refractivity contribution in [1.29, 1.82) is 0 Å². The maximum atomic E-state index is 15.0. The van der Waals surface area contributed by atoms with Gasteiger partial charge in [0.05, 0.1) is 17.8 Å². The van der Waals surface area contributed by atoms with Gasteiger partial charge in [-0.3, -0.25) is 9.59 Å². The van der Waals surface area contributed by atoms with Gasteiger partial charge < -0.3 is 15.0 Å². The van der Waals surface area contributed by atoms with Crippen molar-refractivity contribution in [3.63, 3.8) is 0 Å². The molecule has 0 bridgehead atoms. The van der Waals surface area contributed by atoms with Crippen molar-refractivity contribution in [3.05, 3.63) is 58.4 Å². The monoisotopic (exact) mass is 520 g/mol. The van der Waals surface area contributed by atoms with Crippen LogP contribution in [0.25, 0.3) is 0 Å². The molecule has 0 spiro atoms. The summed E-state index contributed by atoms with van der Waals surface area (Å²) in [5, 5.41) is 3.20. The van der Waals surface area contributed by atoms with Crippen molar-refractivity contribution < 1.29 is 23.5 Å². The number of fused-ring (bicyclic) bond motifs is 1. The van der Waals surface area contributed by atoms with Gasteiger partial charge in [0.25, 0.3) is 5.91 Å². The summed E-state index contributed by atoms with van der Waals surface area (Å²) in [5.74, 6) is -1.09. The van der Waals surface area contributed by atoms with Gasteiger partial charge in [-0.05, 0) is 56.5 Å².